The van der Waals surface area contributed by atoms with Crippen LogP contribution in [0.15, 0.2) is 16.6 Å². The van der Waals surface area contributed by atoms with Crippen LogP contribution in [0.4, 0.5) is 14.5 Å². The lowest BCUT2D eigenvalue weighted by molar-refractivity contribution is 0.0904. The van der Waals surface area contributed by atoms with Gasteiger partial charge in [0.05, 0.1) is 10.2 Å². The zero-order valence-electron chi connectivity index (χ0n) is 8.60. The summed E-state index contributed by atoms with van der Waals surface area (Å²) in [6.07, 6.45) is 1.63. The third-order valence-corrected chi connectivity index (χ3v) is 3.20. The predicted octanol–water partition coefficient (Wildman–Crippen LogP) is 3.32. The Morgan fingerprint density at radius 2 is 1.88 bits per heavy atom. The minimum atomic E-state index is -0.462. The van der Waals surface area contributed by atoms with Crippen molar-refractivity contribution in [2.24, 2.45) is 0 Å². The Hall–Kier alpha value is -0.680. The van der Waals surface area contributed by atoms with Crippen LogP contribution in [0, 0.1) is 11.6 Å². The van der Waals surface area contributed by atoms with E-state index in [2.05, 4.69) is 21.2 Å². The van der Waals surface area contributed by atoms with Crippen molar-refractivity contribution in [2.75, 3.05) is 18.5 Å². The molecule has 0 bridgehead atoms. The maximum Gasteiger partial charge on any atom is 0.147 e. The second-order valence-electron chi connectivity index (χ2n) is 3.78. The highest BCUT2D eigenvalue weighted by atomic mass is 79.9. The van der Waals surface area contributed by atoms with Gasteiger partial charge in [0.15, 0.2) is 0 Å². The Balaban J connectivity index is 2.11. The van der Waals surface area contributed by atoms with E-state index >= 15 is 0 Å². The number of hydrogen-bond donors (Lipinski definition) is 1. The molecule has 2 nitrogen and oxygen atoms in total. The van der Waals surface area contributed by atoms with Gasteiger partial charge in [-0.05, 0) is 34.8 Å². The number of halogens is 3. The van der Waals surface area contributed by atoms with Crippen molar-refractivity contribution in [3.8, 4) is 0 Å². The Morgan fingerprint density at radius 3 is 2.56 bits per heavy atom. The zero-order valence-corrected chi connectivity index (χ0v) is 10.2. The van der Waals surface area contributed by atoms with E-state index in [0.717, 1.165) is 18.9 Å². The highest BCUT2D eigenvalue weighted by Gasteiger charge is 2.16. The van der Waals surface area contributed by atoms with Gasteiger partial charge in [-0.3, -0.25) is 0 Å². The van der Waals surface area contributed by atoms with Crippen molar-refractivity contribution < 1.29 is 13.5 Å². The molecule has 0 radical (unpaired) electrons. The first-order chi connectivity index (χ1) is 7.66. The molecule has 1 aromatic carbocycles. The third kappa shape index (κ3) is 2.71. The first-order valence-corrected chi connectivity index (χ1v) is 5.95. The van der Waals surface area contributed by atoms with Crippen molar-refractivity contribution in [3.05, 3.63) is 28.2 Å². The van der Waals surface area contributed by atoms with Crippen molar-refractivity contribution >= 4 is 21.6 Å². The lowest BCUT2D eigenvalue weighted by Gasteiger charge is -2.24. The Labute approximate surface area is 101 Å². The van der Waals surface area contributed by atoms with Gasteiger partial charge in [0.1, 0.15) is 11.6 Å². The molecule has 1 fully saturated rings. The van der Waals surface area contributed by atoms with Crippen LogP contribution in [-0.2, 0) is 4.74 Å². The van der Waals surface area contributed by atoms with Gasteiger partial charge in [0.2, 0.25) is 0 Å². The lowest BCUT2D eigenvalue weighted by Crippen LogP contribution is -2.28. The van der Waals surface area contributed by atoms with Crippen LogP contribution in [0.5, 0.6) is 0 Å². The van der Waals surface area contributed by atoms with Crippen LogP contribution in [-0.4, -0.2) is 19.3 Å². The van der Waals surface area contributed by atoms with Crippen LogP contribution < -0.4 is 5.32 Å². The van der Waals surface area contributed by atoms with E-state index < -0.39 is 11.6 Å². The minimum absolute atomic E-state index is 0.141. The van der Waals surface area contributed by atoms with E-state index in [-0.39, 0.29) is 16.2 Å². The van der Waals surface area contributed by atoms with Gasteiger partial charge in [-0.15, -0.1) is 0 Å². The Morgan fingerprint density at radius 1 is 1.19 bits per heavy atom. The monoisotopic (exact) mass is 291 g/mol. The summed E-state index contributed by atoms with van der Waals surface area (Å²) < 4.78 is 32.1. The van der Waals surface area contributed by atoms with Crippen LogP contribution >= 0.6 is 15.9 Å². The summed E-state index contributed by atoms with van der Waals surface area (Å²) in [5.41, 5.74) is 0.215. The Bertz CT molecular complexity index is 380. The molecule has 2 rings (SSSR count). The van der Waals surface area contributed by atoms with Gasteiger partial charge in [-0.2, -0.15) is 0 Å². The standard InChI is InChI=1S/C11H12BrF2NO/c12-8-5-10(14)11(6-9(8)13)15-7-1-3-16-4-2-7/h5-7,15H,1-4H2. The van der Waals surface area contributed by atoms with Crippen molar-refractivity contribution in [3.63, 3.8) is 0 Å². The van der Waals surface area contributed by atoms with Gasteiger partial charge >= 0.3 is 0 Å². The summed E-state index contributed by atoms with van der Waals surface area (Å²) in [6.45, 7) is 1.33. The molecule has 0 spiro atoms. The maximum atomic E-state index is 13.5. The number of ether oxygens (including phenoxy) is 1. The molecule has 16 heavy (non-hydrogen) atoms. The number of anilines is 1. The molecule has 0 saturated carbocycles. The molecule has 0 aliphatic carbocycles. The number of rotatable bonds is 2. The molecule has 1 heterocycles. The van der Waals surface area contributed by atoms with Crippen LogP contribution in [0.2, 0.25) is 0 Å². The first kappa shape index (κ1) is 11.8. The molecule has 5 heteroatoms. The normalized spacial score (nSPS) is 17.4. The quantitative estimate of drug-likeness (QED) is 0.844. The number of hydrogen-bond acceptors (Lipinski definition) is 2. The fraction of sp³-hybridized carbons (Fsp3) is 0.455. The second kappa shape index (κ2) is 5.10. The van der Waals surface area contributed by atoms with E-state index in [4.69, 9.17) is 4.74 Å². The summed E-state index contributed by atoms with van der Waals surface area (Å²) >= 11 is 2.94. The topological polar surface area (TPSA) is 21.3 Å². The molecule has 1 aliphatic heterocycles. The average molecular weight is 292 g/mol. The third-order valence-electron chi connectivity index (χ3n) is 2.59. The average Bonchev–Trinajstić information content (AvgIpc) is 2.27. The van der Waals surface area contributed by atoms with Gasteiger partial charge in [0.25, 0.3) is 0 Å². The van der Waals surface area contributed by atoms with E-state index in [1.807, 2.05) is 0 Å². The fourth-order valence-corrected chi connectivity index (χ4v) is 2.01. The lowest BCUT2D eigenvalue weighted by atomic mass is 10.1. The van der Waals surface area contributed by atoms with E-state index in [9.17, 15) is 8.78 Å². The number of nitrogens with one attached hydrogen (secondary N) is 1. The maximum absolute atomic E-state index is 13.5. The molecule has 0 atom stereocenters. The molecule has 1 N–H and O–H groups in total. The van der Waals surface area contributed by atoms with Crippen LogP contribution in [0.25, 0.3) is 0 Å². The fourth-order valence-electron chi connectivity index (χ4n) is 1.70. The van der Waals surface area contributed by atoms with Crippen molar-refractivity contribution in [1.82, 2.24) is 0 Å². The smallest absolute Gasteiger partial charge is 0.147 e. The minimum Gasteiger partial charge on any atom is -0.381 e. The summed E-state index contributed by atoms with van der Waals surface area (Å²) in [7, 11) is 0. The van der Waals surface area contributed by atoms with Gasteiger partial charge < -0.3 is 10.1 Å². The second-order valence-corrected chi connectivity index (χ2v) is 4.63. The molecule has 1 aliphatic rings. The highest BCUT2D eigenvalue weighted by Crippen LogP contribution is 2.25. The molecule has 1 aromatic rings. The van der Waals surface area contributed by atoms with Crippen LogP contribution in [0.3, 0.4) is 0 Å². The van der Waals surface area contributed by atoms with Crippen molar-refractivity contribution in [1.29, 1.82) is 0 Å². The first-order valence-electron chi connectivity index (χ1n) is 5.15. The molecule has 0 unspecified atom stereocenters. The summed E-state index contributed by atoms with van der Waals surface area (Å²) in [5, 5.41) is 3.00. The van der Waals surface area contributed by atoms with Gasteiger partial charge in [-0.25, -0.2) is 8.78 Å². The summed E-state index contributed by atoms with van der Waals surface area (Å²) in [4.78, 5) is 0. The van der Waals surface area contributed by atoms with E-state index in [1.165, 1.54) is 6.07 Å². The molecule has 0 amide bonds. The van der Waals surface area contributed by atoms with Gasteiger partial charge in [0, 0.05) is 25.3 Å². The van der Waals surface area contributed by atoms with Gasteiger partial charge in [-0.1, -0.05) is 0 Å². The summed E-state index contributed by atoms with van der Waals surface area (Å²) in [6, 6.07) is 2.47. The molecule has 1 saturated heterocycles. The van der Waals surface area contributed by atoms with E-state index in [1.54, 1.807) is 0 Å². The SMILES string of the molecule is Fc1cc(NC2CCOCC2)c(F)cc1Br. The van der Waals surface area contributed by atoms with E-state index in [0.29, 0.717) is 13.2 Å². The molecule has 88 valence electrons. The van der Waals surface area contributed by atoms with Crippen molar-refractivity contribution in [2.45, 2.75) is 18.9 Å². The van der Waals surface area contributed by atoms with Crippen LogP contribution in [0.1, 0.15) is 12.8 Å². The predicted molar refractivity (Wildman–Crippen MR) is 61.5 cm³/mol. The molecule has 0 aromatic heterocycles. The molecular formula is C11H12BrF2NO. The molecular weight excluding hydrogens is 280 g/mol. The highest BCUT2D eigenvalue weighted by molar-refractivity contribution is 9.10. The largest absolute Gasteiger partial charge is 0.381 e. The Kier molecular flexibility index (Phi) is 3.76. The number of benzene rings is 1. The summed E-state index contributed by atoms with van der Waals surface area (Å²) in [5.74, 6) is -0.907. The zero-order chi connectivity index (χ0) is 11.5.